The van der Waals surface area contributed by atoms with E-state index in [0.717, 1.165) is 30.5 Å². The molecule has 5 heterocycles. The van der Waals surface area contributed by atoms with Gasteiger partial charge in [0, 0.05) is 30.7 Å². The Balaban J connectivity index is 1.54. The summed E-state index contributed by atoms with van der Waals surface area (Å²) >= 11 is 0. The van der Waals surface area contributed by atoms with E-state index in [-0.39, 0.29) is 5.91 Å². The van der Waals surface area contributed by atoms with Crippen LogP contribution >= 0.6 is 0 Å². The van der Waals surface area contributed by atoms with E-state index in [1.54, 1.807) is 37.1 Å². The minimum Gasteiger partial charge on any atom is -0.477 e. The van der Waals surface area contributed by atoms with Crippen LogP contribution < -0.4 is 10.1 Å². The van der Waals surface area contributed by atoms with Crippen molar-refractivity contribution in [2.45, 2.75) is 19.4 Å². The molecule has 0 fully saturated rings. The molecule has 1 amide bonds. The van der Waals surface area contributed by atoms with E-state index in [4.69, 9.17) is 4.74 Å². The number of pyridine rings is 3. The number of rotatable bonds is 1. The van der Waals surface area contributed by atoms with Crippen LogP contribution in [0.15, 0.2) is 61.3 Å². The predicted octanol–water partition coefficient (Wildman–Crippen LogP) is 3.22. The smallest absolute Gasteiger partial charge is 0.262 e. The molecule has 0 spiro atoms. The van der Waals surface area contributed by atoms with Crippen LogP contribution in [0.3, 0.4) is 0 Å². The van der Waals surface area contributed by atoms with Crippen molar-refractivity contribution in [3.05, 3.63) is 66.9 Å². The van der Waals surface area contributed by atoms with Crippen LogP contribution in [-0.4, -0.2) is 42.2 Å². The molecule has 0 atom stereocenters. The lowest BCUT2D eigenvalue weighted by Gasteiger charge is -2.14. The summed E-state index contributed by atoms with van der Waals surface area (Å²) in [6.07, 6.45) is 8.44. The summed E-state index contributed by atoms with van der Waals surface area (Å²) in [6, 6.07) is 10.9. The van der Waals surface area contributed by atoms with Crippen molar-refractivity contribution in [1.29, 1.82) is 0 Å². The maximum absolute atomic E-state index is 13.1. The monoisotopic (exact) mass is 413 g/mol. The zero-order chi connectivity index (χ0) is 21.0. The van der Waals surface area contributed by atoms with Crippen LogP contribution in [0.5, 0.6) is 5.88 Å². The Labute approximate surface area is 178 Å². The number of hydrogen-bond donors (Lipinski definition) is 1. The molecule has 31 heavy (non-hydrogen) atoms. The molecular weight excluding hydrogens is 394 g/mol. The molecule has 9 heteroatoms. The van der Waals surface area contributed by atoms with Crippen molar-refractivity contribution in [2.24, 2.45) is 0 Å². The molecule has 2 bridgehead atoms. The normalized spacial score (nSPS) is 13.9. The van der Waals surface area contributed by atoms with Crippen LogP contribution in [0, 0.1) is 0 Å². The lowest BCUT2D eigenvalue weighted by Crippen LogP contribution is -2.16. The fraction of sp³-hybridized carbons (Fsp3) is 0.182. The van der Waals surface area contributed by atoms with E-state index in [9.17, 15) is 4.79 Å². The first-order chi connectivity index (χ1) is 15.3. The van der Waals surface area contributed by atoms with Gasteiger partial charge >= 0.3 is 0 Å². The summed E-state index contributed by atoms with van der Waals surface area (Å²) < 4.78 is 7.82. The van der Waals surface area contributed by atoms with Gasteiger partial charge in [0.2, 0.25) is 5.88 Å². The number of ether oxygens (including phenoxy) is 1. The average Bonchev–Trinajstić information content (AvgIpc) is 3.28. The van der Waals surface area contributed by atoms with Crippen LogP contribution in [0.25, 0.3) is 22.6 Å². The topological polar surface area (TPSA) is 108 Å². The van der Waals surface area contributed by atoms with Crippen LogP contribution in [0.1, 0.15) is 23.2 Å². The molecule has 154 valence electrons. The number of hydrogen-bond acceptors (Lipinski definition) is 7. The van der Waals surface area contributed by atoms with Crippen molar-refractivity contribution in [1.82, 2.24) is 29.7 Å². The molecule has 0 unspecified atom stereocenters. The minimum atomic E-state index is -0.346. The number of nitrogens with one attached hydrogen (secondary N) is 1. The SMILES string of the molecule is O=C1Nc2cccc(n2)-c2nncn2CCCCOc2ncc(-c3ccncc3)cc21. The quantitative estimate of drug-likeness (QED) is 0.510. The van der Waals surface area contributed by atoms with Crippen molar-refractivity contribution in [3.8, 4) is 28.5 Å². The van der Waals surface area contributed by atoms with Crippen molar-refractivity contribution < 1.29 is 9.53 Å². The van der Waals surface area contributed by atoms with Crippen LogP contribution in [0.2, 0.25) is 0 Å². The van der Waals surface area contributed by atoms with Crippen molar-refractivity contribution >= 4 is 11.7 Å². The number of carbonyl (C=O) groups is 1. The molecule has 4 aromatic rings. The Bertz CT molecular complexity index is 1220. The third-order valence-electron chi connectivity index (χ3n) is 4.98. The fourth-order valence-electron chi connectivity index (χ4n) is 3.41. The highest BCUT2D eigenvalue weighted by atomic mass is 16.5. The van der Waals surface area contributed by atoms with Gasteiger partial charge in [-0.2, -0.15) is 0 Å². The molecule has 1 aliphatic heterocycles. The van der Waals surface area contributed by atoms with E-state index in [1.165, 1.54) is 0 Å². The number of anilines is 1. The van der Waals surface area contributed by atoms with E-state index in [0.29, 0.717) is 35.4 Å². The molecule has 0 radical (unpaired) electrons. The van der Waals surface area contributed by atoms with Gasteiger partial charge < -0.3 is 14.6 Å². The highest BCUT2D eigenvalue weighted by molar-refractivity contribution is 6.06. The first-order valence-electron chi connectivity index (χ1n) is 9.98. The molecular formula is C22H19N7O2. The van der Waals surface area contributed by atoms with E-state index >= 15 is 0 Å². The van der Waals surface area contributed by atoms with Gasteiger partial charge in [-0.05, 0) is 48.7 Å². The standard InChI is InChI=1S/C22H19N7O2/c30-21-17-12-16(15-6-8-23-9-7-15)13-24-22(17)31-11-2-1-10-29-14-25-28-20(29)18-4-3-5-19(26-18)27-21/h3-9,12-14H,1-2,10-11H2,(H,26,27,30). The van der Waals surface area contributed by atoms with Gasteiger partial charge in [-0.25, -0.2) is 9.97 Å². The van der Waals surface area contributed by atoms with Gasteiger partial charge in [0.15, 0.2) is 5.82 Å². The Morgan fingerprint density at radius 3 is 2.87 bits per heavy atom. The van der Waals surface area contributed by atoms with Gasteiger partial charge in [-0.3, -0.25) is 9.78 Å². The predicted molar refractivity (Wildman–Crippen MR) is 113 cm³/mol. The largest absolute Gasteiger partial charge is 0.477 e. The maximum Gasteiger partial charge on any atom is 0.262 e. The average molecular weight is 413 g/mol. The lowest BCUT2D eigenvalue weighted by atomic mass is 10.1. The number of aryl methyl sites for hydroxylation is 1. The molecule has 9 nitrogen and oxygen atoms in total. The zero-order valence-corrected chi connectivity index (χ0v) is 16.6. The molecule has 4 aromatic heterocycles. The summed E-state index contributed by atoms with van der Waals surface area (Å²) in [6.45, 7) is 1.19. The Morgan fingerprint density at radius 1 is 1.06 bits per heavy atom. The van der Waals surface area contributed by atoms with E-state index in [2.05, 4.69) is 30.5 Å². The molecule has 0 saturated heterocycles. The molecule has 0 aromatic carbocycles. The highest BCUT2D eigenvalue weighted by Gasteiger charge is 2.18. The summed E-state index contributed by atoms with van der Waals surface area (Å²) in [5.41, 5.74) is 2.71. The highest BCUT2D eigenvalue weighted by Crippen LogP contribution is 2.26. The van der Waals surface area contributed by atoms with Gasteiger partial charge in [0.1, 0.15) is 23.4 Å². The maximum atomic E-state index is 13.1. The van der Waals surface area contributed by atoms with Crippen LogP contribution in [0.4, 0.5) is 5.82 Å². The molecule has 0 aliphatic carbocycles. The molecule has 1 aliphatic rings. The Hall–Kier alpha value is -4.14. The summed E-state index contributed by atoms with van der Waals surface area (Å²) in [5, 5.41) is 11.1. The first-order valence-corrected chi connectivity index (χ1v) is 9.98. The van der Waals surface area contributed by atoms with Crippen molar-refractivity contribution in [2.75, 3.05) is 11.9 Å². The van der Waals surface area contributed by atoms with Gasteiger partial charge in [-0.1, -0.05) is 6.07 Å². The number of carbonyl (C=O) groups excluding carboxylic acids is 1. The second-order valence-corrected chi connectivity index (χ2v) is 7.08. The molecule has 0 saturated carbocycles. The van der Waals surface area contributed by atoms with Gasteiger partial charge in [-0.15, -0.1) is 10.2 Å². The Kier molecular flexibility index (Phi) is 5.05. The second kappa shape index (κ2) is 8.31. The number of fused-ring (bicyclic) bond motifs is 5. The third kappa shape index (κ3) is 3.97. The zero-order valence-electron chi connectivity index (χ0n) is 16.6. The third-order valence-corrected chi connectivity index (χ3v) is 4.98. The van der Waals surface area contributed by atoms with Crippen LogP contribution in [-0.2, 0) is 6.54 Å². The number of aromatic nitrogens is 6. The van der Waals surface area contributed by atoms with Gasteiger partial charge in [0.25, 0.3) is 5.91 Å². The van der Waals surface area contributed by atoms with Gasteiger partial charge in [0.05, 0.1) is 6.61 Å². The lowest BCUT2D eigenvalue weighted by molar-refractivity contribution is 0.102. The first kappa shape index (κ1) is 18.9. The summed E-state index contributed by atoms with van der Waals surface area (Å²) in [5.74, 6) is 1.03. The molecule has 5 rings (SSSR count). The summed E-state index contributed by atoms with van der Waals surface area (Å²) in [4.78, 5) is 26.2. The number of nitrogens with zero attached hydrogens (tertiary/aromatic N) is 6. The molecule has 1 N–H and O–H groups in total. The Morgan fingerprint density at radius 2 is 1.97 bits per heavy atom. The second-order valence-electron chi connectivity index (χ2n) is 7.08. The van der Waals surface area contributed by atoms with E-state index in [1.807, 2.05) is 28.8 Å². The van der Waals surface area contributed by atoms with Crippen molar-refractivity contribution in [3.63, 3.8) is 0 Å². The minimum absolute atomic E-state index is 0.300. The summed E-state index contributed by atoms with van der Waals surface area (Å²) in [7, 11) is 0. The number of amides is 1. The fourth-order valence-corrected chi connectivity index (χ4v) is 3.41. The van der Waals surface area contributed by atoms with E-state index < -0.39 is 0 Å².